The molecule has 2 atom stereocenters. The Morgan fingerprint density at radius 1 is 1.40 bits per heavy atom. The average molecular weight is 297 g/mol. The molecule has 108 valence electrons. The van der Waals surface area contributed by atoms with E-state index in [4.69, 9.17) is 5.73 Å². The smallest absolute Gasteiger partial charge is 0.201 e. The number of hydrogen-bond acceptors (Lipinski definition) is 3. The van der Waals surface area contributed by atoms with Crippen LogP contribution in [0.15, 0.2) is 12.1 Å². The minimum Gasteiger partial charge on any atom is -0.369 e. The van der Waals surface area contributed by atoms with Gasteiger partial charge in [-0.1, -0.05) is 13.3 Å². The van der Waals surface area contributed by atoms with Gasteiger partial charge in [0.15, 0.2) is 11.6 Å². The molecule has 1 aliphatic carbocycles. The first kappa shape index (κ1) is 13.7. The van der Waals surface area contributed by atoms with E-state index in [0.29, 0.717) is 10.8 Å². The maximum Gasteiger partial charge on any atom is 0.201 e. The normalized spacial score (nSPS) is 22.8. The molecule has 0 amide bonds. The zero-order chi connectivity index (χ0) is 14.3. The molecule has 6 heteroatoms. The number of hydrogen-bond donors (Lipinski definition) is 1. The summed E-state index contributed by atoms with van der Waals surface area (Å²) in [7, 11) is 0. The second kappa shape index (κ2) is 5.24. The van der Waals surface area contributed by atoms with Crippen LogP contribution in [0.2, 0.25) is 0 Å². The fraction of sp³-hybridized carbons (Fsp3) is 0.500. The molecule has 1 heterocycles. The highest BCUT2D eigenvalue weighted by Gasteiger charge is 2.32. The number of thioether (sulfide) groups is 1. The second-order valence-corrected chi connectivity index (χ2v) is 6.58. The molecule has 1 saturated carbocycles. The molecule has 2 aromatic rings. The van der Waals surface area contributed by atoms with E-state index in [1.54, 1.807) is 4.57 Å². The molecule has 0 saturated heterocycles. The third kappa shape index (κ3) is 2.06. The topological polar surface area (TPSA) is 43.8 Å². The van der Waals surface area contributed by atoms with Gasteiger partial charge < -0.3 is 10.3 Å². The summed E-state index contributed by atoms with van der Waals surface area (Å²) in [6.45, 7) is 2.11. The van der Waals surface area contributed by atoms with Gasteiger partial charge in [0.05, 0.1) is 5.52 Å². The third-order valence-electron chi connectivity index (χ3n) is 3.90. The predicted octanol–water partition coefficient (Wildman–Crippen LogP) is 3.74. The van der Waals surface area contributed by atoms with Crippen molar-refractivity contribution >= 4 is 28.7 Å². The van der Waals surface area contributed by atoms with E-state index in [0.717, 1.165) is 31.1 Å². The van der Waals surface area contributed by atoms with E-state index < -0.39 is 11.6 Å². The quantitative estimate of drug-likeness (QED) is 0.938. The standard InChI is InChI=1S/C14H17F2N3S/c1-2-20-11-5-3-4-10(11)19-13-9(18-14(19)17)7-6-8(15)12(13)16/h6-7,10-11H,2-5H2,1H3,(H2,17,18). The number of nitrogens with two attached hydrogens (primary N) is 1. The lowest BCUT2D eigenvalue weighted by Gasteiger charge is -2.22. The van der Waals surface area contributed by atoms with E-state index in [9.17, 15) is 8.78 Å². The number of imidazole rings is 1. The summed E-state index contributed by atoms with van der Waals surface area (Å²) in [5, 5.41) is 0.391. The highest BCUT2D eigenvalue weighted by atomic mass is 32.2. The van der Waals surface area contributed by atoms with Crippen molar-refractivity contribution in [3.05, 3.63) is 23.8 Å². The van der Waals surface area contributed by atoms with Crippen LogP contribution in [0.4, 0.5) is 14.7 Å². The molecule has 1 fully saturated rings. The van der Waals surface area contributed by atoms with Gasteiger partial charge in [-0.25, -0.2) is 13.8 Å². The molecule has 1 aliphatic rings. The molecule has 0 aliphatic heterocycles. The number of rotatable bonds is 3. The Hall–Kier alpha value is -1.30. The summed E-state index contributed by atoms with van der Waals surface area (Å²) in [6.07, 6.45) is 3.10. The highest BCUT2D eigenvalue weighted by molar-refractivity contribution is 7.99. The molecule has 20 heavy (non-hydrogen) atoms. The number of benzene rings is 1. The molecule has 2 N–H and O–H groups in total. The van der Waals surface area contributed by atoms with E-state index in [-0.39, 0.29) is 17.5 Å². The Morgan fingerprint density at radius 3 is 2.95 bits per heavy atom. The van der Waals surface area contributed by atoms with Gasteiger partial charge in [-0.15, -0.1) is 0 Å². The van der Waals surface area contributed by atoms with Crippen molar-refractivity contribution in [2.75, 3.05) is 11.5 Å². The number of aromatic nitrogens is 2. The summed E-state index contributed by atoms with van der Waals surface area (Å²) in [6, 6.07) is 2.68. The number of fused-ring (bicyclic) bond motifs is 1. The van der Waals surface area contributed by atoms with E-state index >= 15 is 0 Å². The van der Waals surface area contributed by atoms with E-state index in [1.807, 2.05) is 11.8 Å². The lowest BCUT2D eigenvalue weighted by molar-refractivity contribution is 0.498. The highest BCUT2D eigenvalue weighted by Crippen LogP contribution is 2.41. The monoisotopic (exact) mass is 297 g/mol. The van der Waals surface area contributed by atoms with Gasteiger partial charge in [-0.05, 0) is 30.7 Å². The fourth-order valence-corrected chi connectivity index (χ4v) is 4.33. The van der Waals surface area contributed by atoms with E-state index in [2.05, 4.69) is 11.9 Å². The lowest BCUT2D eigenvalue weighted by atomic mass is 10.2. The Bertz CT molecular complexity index is 641. The van der Waals surface area contributed by atoms with Gasteiger partial charge in [0.1, 0.15) is 5.52 Å². The first-order valence-electron chi connectivity index (χ1n) is 6.86. The van der Waals surface area contributed by atoms with Gasteiger partial charge in [0, 0.05) is 11.3 Å². The van der Waals surface area contributed by atoms with Crippen LogP contribution in [0.25, 0.3) is 11.0 Å². The molecule has 0 radical (unpaired) electrons. The zero-order valence-electron chi connectivity index (χ0n) is 11.3. The summed E-state index contributed by atoms with van der Waals surface area (Å²) < 4.78 is 29.4. The molecule has 1 aromatic heterocycles. The SMILES string of the molecule is CCSC1CCCC1n1c(N)nc2ccc(F)c(F)c21. The van der Waals surface area contributed by atoms with Crippen LogP contribution in [0.5, 0.6) is 0 Å². The van der Waals surface area contributed by atoms with Gasteiger partial charge in [-0.3, -0.25) is 0 Å². The maximum atomic E-state index is 14.1. The van der Waals surface area contributed by atoms with Crippen molar-refractivity contribution in [2.45, 2.75) is 37.5 Å². The van der Waals surface area contributed by atoms with Crippen molar-refractivity contribution in [1.29, 1.82) is 0 Å². The number of anilines is 1. The average Bonchev–Trinajstić information content (AvgIpc) is 2.98. The number of halogens is 2. The van der Waals surface area contributed by atoms with Gasteiger partial charge in [0.25, 0.3) is 0 Å². The van der Waals surface area contributed by atoms with E-state index in [1.165, 1.54) is 6.07 Å². The first-order chi connectivity index (χ1) is 9.63. The fourth-order valence-electron chi connectivity index (χ4n) is 3.09. The van der Waals surface area contributed by atoms with Crippen molar-refractivity contribution in [1.82, 2.24) is 9.55 Å². The Kier molecular flexibility index (Phi) is 3.58. The summed E-state index contributed by atoms with van der Waals surface area (Å²) in [5.74, 6) is -0.418. The van der Waals surface area contributed by atoms with Crippen LogP contribution in [-0.4, -0.2) is 20.6 Å². The van der Waals surface area contributed by atoms with Gasteiger partial charge in [-0.2, -0.15) is 11.8 Å². The summed E-state index contributed by atoms with van der Waals surface area (Å²) >= 11 is 1.85. The van der Waals surface area contributed by atoms with Crippen molar-refractivity contribution in [3.63, 3.8) is 0 Å². The third-order valence-corrected chi connectivity index (χ3v) is 5.21. The molecular weight excluding hydrogens is 280 g/mol. The van der Waals surface area contributed by atoms with Crippen LogP contribution in [0, 0.1) is 11.6 Å². The molecular formula is C14H17F2N3S. The van der Waals surface area contributed by atoms with Gasteiger partial charge >= 0.3 is 0 Å². The molecule has 3 rings (SSSR count). The first-order valence-corrected chi connectivity index (χ1v) is 7.91. The Labute approximate surface area is 120 Å². The summed E-state index contributed by atoms with van der Waals surface area (Å²) in [5.41, 5.74) is 6.59. The maximum absolute atomic E-state index is 14.1. The second-order valence-electron chi connectivity index (χ2n) is 5.06. The Balaban J connectivity index is 2.15. The van der Waals surface area contributed by atoms with Crippen LogP contribution >= 0.6 is 11.8 Å². The molecule has 0 bridgehead atoms. The van der Waals surface area contributed by atoms with Crippen LogP contribution in [-0.2, 0) is 0 Å². The molecule has 3 nitrogen and oxygen atoms in total. The largest absolute Gasteiger partial charge is 0.369 e. The van der Waals surface area contributed by atoms with Crippen molar-refractivity contribution < 1.29 is 8.78 Å². The van der Waals surface area contributed by atoms with Crippen molar-refractivity contribution in [2.24, 2.45) is 0 Å². The molecule has 0 spiro atoms. The summed E-state index contributed by atoms with van der Waals surface area (Å²) in [4.78, 5) is 4.18. The number of nitrogens with zero attached hydrogens (tertiary/aromatic N) is 2. The zero-order valence-corrected chi connectivity index (χ0v) is 12.1. The minimum absolute atomic E-state index is 0.0984. The van der Waals surface area contributed by atoms with Crippen molar-refractivity contribution in [3.8, 4) is 0 Å². The lowest BCUT2D eigenvalue weighted by Crippen LogP contribution is -2.18. The Morgan fingerprint density at radius 2 is 2.20 bits per heavy atom. The molecule has 2 unspecified atom stereocenters. The van der Waals surface area contributed by atoms with Gasteiger partial charge in [0.2, 0.25) is 5.95 Å². The predicted molar refractivity (Wildman–Crippen MR) is 78.9 cm³/mol. The van der Waals surface area contributed by atoms with Crippen LogP contribution < -0.4 is 5.73 Å². The molecule has 1 aromatic carbocycles. The number of nitrogen functional groups attached to an aromatic ring is 1. The van der Waals surface area contributed by atoms with Crippen LogP contribution in [0.1, 0.15) is 32.2 Å². The minimum atomic E-state index is -0.851. The van der Waals surface area contributed by atoms with Crippen LogP contribution in [0.3, 0.4) is 0 Å².